The summed E-state index contributed by atoms with van der Waals surface area (Å²) in [5, 5.41) is 18.0. The minimum absolute atomic E-state index is 0.0724. The lowest BCUT2D eigenvalue weighted by molar-refractivity contribution is -0.114. The molecule has 0 atom stereocenters. The highest BCUT2D eigenvalue weighted by molar-refractivity contribution is 8.27. The van der Waals surface area contributed by atoms with E-state index in [0.29, 0.717) is 17.3 Å². The van der Waals surface area contributed by atoms with Gasteiger partial charge >= 0.3 is 0 Å². The summed E-state index contributed by atoms with van der Waals surface area (Å²) in [6.45, 7) is 0.367. The lowest BCUT2D eigenvalue weighted by atomic mass is 9.50. The van der Waals surface area contributed by atoms with E-state index in [2.05, 4.69) is 4.99 Å². The average Bonchev–Trinajstić information content (AvgIpc) is 3.50. The Morgan fingerprint density at radius 3 is 2.46 bits per heavy atom. The number of aliphatic imine (C=N–C) groups is 1. The van der Waals surface area contributed by atoms with E-state index in [1.54, 1.807) is 23.2 Å². The summed E-state index contributed by atoms with van der Waals surface area (Å²) in [4.78, 5) is 17.6. The second kappa shape index (κ2) is 8.49. The Kier molecular flexibility index (Phi) is 5.09. The molecule has 2 aromatic carbocycles. The number of carbonyl (C=O) groups is 1. The lowest BCUT2D eigenvalue weighted by Crippen LogP contribution is -2.49. The van der Waals surface area contributed by atoms with Gasteiger partial charge in [-0.05, 0) is 86.2 Å². The van der Waals surface area contributed by atoms with Crippen LogP contribution in [0, 0.1) is 34.4 Å². The molecule has 6 aliphatic rings. The first kappa shape index (κ1) is 23.4. The second-order valence-corrected chi connectivity index (χ2v) is 12.9. The van der Waals surface area contributed by atoms with Crippen LogP contribution < -0.4 is 0 Å². The van der Waals surface area contributed by atoms with E-state index in [1.807, 2.05) is 41.1 Å². The molecule has 6 nitrogen and oxygen atoms in total. The molecule has 1 aromatic heterocycles. The van der Waals surface area contributed by atoms with Gasteiger partial charge in [-0.2, -0.15) is 15.1 Å². The van der Waals surface area contributed by atoms with Crippen LogP contribution >= 0.6 is 11.8 Å². The van der Waals surface area contributed by atoms with Gasteiger partial charge in [-0.15, -0.1) is 0 Å². The molecule has 4 bridgehead atoms. The van der Waals surface area contributed by atoms with Gasteiger partial charge in [-0.1, -0.05) is 36.4 Å². The van der Waals surface area contributed by atoms with Gasteiger partial charge < -0.3 is 4.57 Å². The predicted octanol–water partition coefficient (Wildman–Crippen LogP) is 6.66. The maximum atomic E-state index is 14.4. The molecule has 4 fully saturated rings. The first-order valence-electron chi connectivity index (χ1n) is 13.8. The minimum Gasteiger partial charge on any atom is -0.342 e. The molecular formula is C31H28FN5OS. The molecule has 0 radical (unpaired) electrons. The Bertz CT molecular complexity index is 1630. The Morgan fingerprint density at radius 2 is 1.72 bits per heavy atom. The number of hydrazone groups is 1. The lowest BCUT2D eigenvalue weighted by Gasteiger charge is -2.56. The van der Waals surface area contributed by atoms with Crippen LogP contribution in [0.1, 0.15) is 49.7 Å². The Labute approximate surface area is 230 Å². The zero-order chi connectivity index (χ0) is 26.3. The molecule has 0 spiro atoms. The second-order valence-electron chi connectivity index (χ2n) is 11.9. The number of benzene rings is 2. The van der Waals surface area contributed by atoms with Crippen LogP contribution in [0.2, 0.25) is 0 Å². The summed E-state index contributed by atoms with van der Waals surface area (Å²) < 4.78 is 16.4. The summed E-state index contributed by atoms with van der Waals surface area (Å²) in [5.74, 6) is 1.78. The van der Waals surface area contributed by atoms with Gasteiger partial charge in [0.25, 0.3) is 5.91 Å². The van der Waals surface area contributed by atoms with Crippen molar-refractivity contribution in [2.24, 2.45) is 33.3 Å². The molecule has 4 aliphatic carbocycles. The van der Waals surface area contributed by atoms with Crippen molar-refractivity contribution in [3.05, 3.63) is 77.2 Å². The molecule has 0 unspecified atom stereocenters. The molecule has 3 aromatic rings. The van der Waals surface area contributed by atoms with Gasteiger partial charge in [0.15, 0.2) is 5.84 Å². The van der Waals surface area contributed by atoms with Gasteiger partial charge in [0.2, 0.25) is 5.17 Å². The summed E-state index contributed by atoms with van der Waals surface area (Å²) >= 11 is 1.51. The average molecular weight is 538 g/mol. The highest BCUT2D eigenvalue weighted by atomic mass is 32.2. The van der Waals surface area contributed by atoms with E-state index < -0.39 is 5.91 Å². The molecule has 39 heavy (non-hydrogen) atoms. The number of hydrogen-bond acceptors (Lipinski definition) is 4. The van der Waals surface area contributed by atoms with E-state index in [1.165, 1.54) is 56.4 Å². The molecule has 2 aliphatic heterocycles. The standard InChI is InChI=1S/C31H28FN5OS/c32-25-7-3-1-5-21(25)16-36-17-22(23-6-2-4-8-26(23)36)12-24-27(33)37-30(34-28(24)38)39-29(35-37)31-13-18-9-19(14-31)11-20(10-18)15-31/h1-8,12,17-20,33H,9-11,13-16H2/b24-12-,33-27?. The van der Waals surface area contributed by atoms with Crippen molar-refractivity contribution < 1.29 is 9.18 Å². The van der Waals surface area contributed by atoms with Crippen molar-refractivity contribution in [3.63, 3.8) is 0 Å². The molecule has 8 heteroatoms. The molecule has 1 amide bonds. The molecule has 1 N–H and O–H groups in total. The Balaban J connectivity index is 1.14. The fourth-order valence-electron chi connectivity index (χ4n) is 8.07. The normalized spacial score (nSPS) is 30.3. The summed E-state index contributed by atoms with van der Waals surface area (Å²) in [5.41, 5.74) is 2.64. The highest BCUT2D eigenvalue weighted by Gasteiger charge is 2.55. The highest BCUT2D eigenvalue weighted by Crippen LogP contribution is 2.62. The van der Waals surface area contributed by atoms with Crippen LogP contribution in [-0.4, -0.2) is 31.5 Å². The van der Waals surface area contributed by atoms with Crippen molar-refractivity contribution in [2.75, 3.05) is 0 Å². The largest absolute Gasteiger partial charge is 0.342 e. The van der Waals surface area contributed by atoms with Crippen molar-refractivity contribution >= 4 is 50.7 Å². The quantitative estimate of drug-likeness (QED) is 0.378. The van der Waals surface area contributed by atoms with Crippen LogP contribution in [-0.2, 0) is 11.3 Å². The van der Waals surface area contributed by atoms with E-state index in [0.717, 1.165) is 39.3 Å². The number of halogens is 1. The first-order chi connectivity index (χ1) is 19.0. The number of nitrogens with zero attached hydrogens (tertiary/aromatic N) is 4. The third-order valence-electron chi connectivity index (χ3n) is 9.36. The van der Waals surface area contributed by atoms with Crippen molar-refractivity contribution in [1.29, 1.82) is 5.41 Å². The molecule has 4 saturated carbocycles. The van der Waals surface area contributed by atoms with Gasteiger partial charge in [0.1, 0.15) is 10.9 Å². The van der Waals surface area contributed by atoms with Crippen molar-refractivity contribution in [2.45, 2.75) is 45.1 Å². The van der Waals surface area contributed by atoms with Gasteiger partial charge in [0.05, 0.1) is 12.1 Å². The molecule has 3 heterocycles. The number of fused-ring (bicyclic) bond motifs is 2. The molecular weight excluding hydrogens is 509 g/mol. The van der Waals surface area contributed by atoms with Crippen LogP contribution in [0.4, 0.5) is 4.39 Å². The summed E-state index contributed by atoms with van der Waals surface area (Å²) in [6.07, 6.45) is 11.3. The number of carbonyl (C=O) groups excluding carboxylic acids is 1. The third-order valence-corrected chi connectivity index (χ3v) is 10.5. The fourth-order valence-corrected chi connectivity index (χ4v) is 9.17. The number of nitrogens with one attached hydrogen (secondary N) is 1. The number of para-hydroxylation sites is 1. The van der Waals surface area contributed by atoms with Crippen LogP contribution in [0.3, 0.4) is 0 Å². The maximum Gasteiger partial charge on any atom is 0.283 e. The zero-order valence-corrected chi connectivity index (χ0v) is 22.3. The molecule has 196 valence electrons. The van der Waals surface area contributed by atoms with E-state index in [4.69, 9.17) is 10.5 Å². The van der Waals surface area contributed by atoms with Gasteiger partial charge in [0, 0.05) is 33.6 Å². The van der Waals surface area contributed by atoms with E-state index in [-0.39, 0.29) is 22.6 Å². The summed E-state index contributed by atoms with van der Waals surface area (Å²) in [7, 11) is 0. The Hall–Kier alpha value is -3.52. The smallest absolute Gasteiger partial charge is 0.283 e. The monoisotopic (exact) mass is 537 g/mol. The third kappa shape index (κ3) is 3.68. The topological polar surface area (TPSA) is 73.8 Å². The van der Waals surface area contributed by atoms with Crippen LogP contribution in [0.15, 0.2) is 70.4 Å². The number of amidine groups is 2. The number of thioether (sulfide) groups is 1. The predicted molar refractivity (Wildman–Crippen MR) is 153 cm³/mol. The van der Waals surface area contributed by atoms with Gasteiger partial charge in [-0.25, -0.2) is 4.39 Å². The Morgan fingerprint density at radius 1 is 1.03 bits per heavy atom. The first-order valence-corrected chi connectivity index (χ1v) is 14.6. The van der Waals surface area contributed by atoms with Crippen LogP contribution in [0.25, 0.3) is 17.0 Å². The SMILES string of the molecule is N=C1/C(=C/c2cn(Cc3ccccc3F)c3ccccc23)C(=O)N=C2SC(C34CC5CC(CC(C5)C3)C4)=NN12. The number of amides is 1. The van der Waals surface area contributed by atoms with Crippen LogP contribution in [0.5, 0.6) is 0 Å². The van der Waals surface area contributed by atoms with Crippen molar-refractivity contribution in [1.82, 2.24) is 9.58 Å². The van der Waals surface area contributed by atoms with Crippen molar-refractivity contribution in [3.8, 4) is 0 Å². The van der Waals surface area contributed by atoms with E-state index >= 15 is 0 Å². The van der Waals surface area contributed by atoms with E-state index in [9.17, 15) is 9.18 Å². The fraction of sp³-hybridized carbons (Fsp3) is 0.355. The number of rotatable bonds is 4. The molecule has 9 rings (SSSR count). The minimum atomic E-state index is -0.411. The number of aromatic nitrogens is 1. The maximum absolute atomic E-state index is 14.4. The molecule has 0 saturated heterocycles. The number of hydrogen-bond donors (Lipinski definition) is 1. The zero-order valence-electron chi connectivity index (χ0n) is 21.4. The summed E-state index contributed by atoms with van der Waals surface area (Å²) in [6, 6.07) is 14.6. The van der Waals surface area contributed by atoms with Gasteiger partial charge in [-0.3, -0.25) is 10.2 Å².